The molecule has 1 aromatic heterocycles. The Morgan fingerprint density at radius 2 is 1.74 bits per heavy atom. The van der Waals surface area contributed by atoms with Crippen LogP contribution in [0.4, 0.5) is 0 Å². The zero-order valence-electron chi connectivity index (χ0n) is 17.4. The monoisotopic (exact) mass is 539 g/mol. The standard InChI is InChI=1S/C14H27N3O15P2/c18-4-9(11(20)8(19)1-2-30-33(23,24)25)29-5-7-3-17(16-15-7)14-13(22)12(21)10(32-14)6-31-34(26,27)28/h3,8-14,18-22H,1-2,4-6H2,(H2,23,24,25)(H2,26,27,28)/t8-,9-,10-,11+,12-,13-,14-/m1/s1. The Morgan fingerprint density at radius 1 is 1.09 bits per heavy atom. The number of aliphatic hydroxyl groups is 5. The first kappa shape index (κ1) is 29.3. The lowest BCUT2D eigenvalue weighted by Crippen LogP contribution is -2.41. The molecule has 0 amide bonds. The van der Waals surface area contributed by atoms with Gasteiger partial charge in [-0.05, 0) is 6.42 Å². The number of phosphoric ester groups is 2. The molecular weight excluding hydrogens is 512 g/mol. The van der Waals surface area contributed by atoms with E-state index in [0.29, 0.717) is 0 Å². The van der Waals surface area contributed by atoms with Gasteiger partial charge < -0.3 is 54.6 Å². The number of aliphatic hydroxyl groups excluding tert-OH is 5. The number of hydrogen-bond donors (Lipinski definition) is 9. The third-order valence-corrected chi connectivity index (χ3v) is 5.64. The fourth-order valence-corrected chi connectivity index (χ4v) is 3.61. The Kier molecular flexibility index (Phi) is 10.7. The molecule has 0 saturated carbocycles. The average molecular weight is 539 g/mol. The highest BCUT2D eigenvalue weighted by Gasteiger charge is 2.45. The minimum absolute atomic E-state index is 0.116. The fourth-order valence-electron chi connectivity index (χ4n) is 2.92. The van der Waals surface area contributed by atoms with Gasteiger partial charge in [-0.3, -0.25) is 9.05 Å². The van der Waals surface area contributed by atoms with Gasteiger partial charge in [-0.1, -0.05) is 5.21 Å². The summed E-state index contributed by atoms with van der Waals surface area (Å²) in [6, 6.07) is 0. The van der Waals surface area contributed by atoms with Crippen LogP contribution in [0.5, 0.6) is 0 Å². The first-order valence-corrected chi connectivity index (χ1v) is 12.7. The molecule has 0 radical (unpaired) electrons. The maximum Gasteiger partial charge on any atom is 0.469 e. The van der Waals surface area contributed by atoms with E-state index in [0.717, 1.165) is 4.68 Å². The van der Waals surface area contributed by atoms with Gasteiger partial charge in [0.1, 0.15) is 36.2 Å². The van der Waals surface area contributed by atoms with Crippen molar-refractivity contribution in [2.45, 2.75) is 55.9 Å². The first-order valence-electron chi connectivity index (χ1n) is 9.63. The number of rotatable bonds is 14. The van der Waals surface area contributed by atoms with Crippen LogP contribution in [0.2, 0.25) is 0 Å². The summed E-state index contributed by atoms with van der Waals surface area (Å²) in [6.45, 7) is -2.35. The number of nitrogens with zero attached hydrogens (tertiary/aromatic N) is 3. The quantitative estimate of drug-likeness (QED) is 0.102. The minimum Gasteiger partial charge on any atom is -0.394 e. The predicted octanol–water partition coefficient (Wildman–Crippen LogP) is -3.89. The van der Waals surface area contributed by atoms with Gasteiger partial charge in [-0.15, -0.1) is 5.10 Å². The number of ether oxygens (including phenoxy) is 2. The lowest BCUT2D eigenvalue weighted by Gasteiger charge is -2.25. The first-order chi connectivity index (χ1) is 15.7. The van der Waals surface area contributed by atoms with Crippen molar-refractivity contribution in [3.05, 3.63) is 11.9 Å². The number of phosphoric acid groups is 2. The van der Waals surface area contributed by atoms with E-state index in [4.69, 9.17) is 29.0 Å². The third kappa shape index (κ3) is 8.94. The van der Waals surface area contributed by atoms with E-state index in [-0.39, 0.29) is 18.7 Å². The summed E-state index contributed by atoms with van der Waals surface area (Å²) in [4.78, 5) is 34.7. The smallest absolute Gasteiger partial charge is 0.394 e. The van der Waals surface area contributed by atoms with Crippen LogP contribution in [0, 0.1) is 0 Å². The highest BCUT2D eigenvalue weighted by atomic mass is 31.2. The molecule has 198 valence electrons. The van der Waals surface area contributed by atoms with E-state index >= 15 is 0 Å². The maximum absolute atomic E-state index is 10.8. The van der Waals surface area contributed by atoms with E-state index in [1.54, 1.807) is 0 Å². The third-order valence-electron chi connectivity index (χ3n) is 4.64. The summed E-state index contributed by atoms with van der Waals surface area (Å²) in [5.41, 5.74) is 0.116. The van der Waals surface area contributed by atoms with Crippen molar-refractivity contribution in [3.8, 4) is 0 Å². The largest absolute Gasteiger partial charge is 0.469 e. The molecule has 1 aromatic rings. The molecule has 1 fully saturated rings. The second-order valence-corrected chi connectivity index (χ2v) is 9.70. The van der Waals surface area contributed by atoms with E-state index < -0.39 is 78.3 Å². The molecule has 0 unspecified atom stereocenters. The topological polar surface area (TPSA) is 284 Å². The molecule has 2 heterocycles. The Hall–Kier alpha value is -0.920. The Labute approximate surface area is 191 Å². The molecule has 1 aliphatic heterocycles. The molecule has 1 saturated heterocycles. The molecule has 0 aliphatic carbocycles. The molecule has 2 rings (SSSR count). The molecule has 1 aliphatic rings. The van der Waals surface area contributed by atoms with Crippen LogP contribution in [0.25, 0.3) is 0 Å². The van der Waals surface area contributed by atoms with Gasteiger partial charge in [0, 0.05) is 0 Å². The van der Waals surface area contributed by atoms with Crippen molar-refractivity contribution in [2.24, 2.45) is 0 Å². The SMILES string of the molecule is O=P(O)(O)OCC[C@@H](O)[C@H](O)[C@@H](CO)OCc1cn([C@@H]2O[C@H](COP(=O)(O)O)[C@@H](O)[C@H]2O)nn1. The molecule has 7 atom stereocenters. The van der Waals surface area contributed by atoms with Gasteiger partial charge in [0.2, 0.25) is 0 Å². The van der Waals surface area contributed by atoms with Crippen molar-refractivity contribution in [1.82, 2.24) is 15.0 Å². The lowest BCUT2D eigenvalue weighted by atomic mass is 10.1. The molecule has 18 nitrogen and oxygen atoms in total. The molecule has 0 bridgehead atoms. The van der Waals surface area contributed by atoms with Gasteiger partial charge in [-0.2, -0.15) is 0 Å². The number of hydrogen-bond acceptors (Lipinski definition) is 13. The minimum atomic E-state index is -4.83. The normalized spacial score (nSPS) is 26.5. The van der Waals surface area contributed by atoms with Crippen LogP contribution in [0.15, 0.2) is 6.20 Å². The van der Waals surface area contributed by atoms with Gasteiger partial charge in [0.15, 0.2) is 6.23 Å². The van der Waals surface area contributed by atoms with Crippen LogP contribution < -0.4 is 0 Å². The highest BCUT2D eigenvalue weighted by molar-refractivity contribution is 7.46. The summed E-state index contributed by atoms with van der Waals surface area (Å²) < 4.78 is 41.5. The zero-order chi connectivity index (χ0) is 25.7. The Bertz CT molecular complexity index is 861. The van der Waals surface area contributed by atoms with Crippen LogP contribution in [0.1, 0.15) is 18.3 Å². The van der Waals surface area contributed by atoms with Crippen LogP contribution in [-0.2, 0) is 34.3 Å². The van der Waals surface area contributed by atoms with Gasteiger partial charge in [-0.25, -0.2) is 13.8 Å². The molecule has 0 spiro atoms. The average Bonchev–Trinajstić information content (AvgIpc) is 3.30. The zero-order valence-corrected chi connectivity index (χ0v) is 19.2. The summed E-state index contributed by atoms with van der Waals surface area (Å²) in [6.07, 6.45) is -9.30. The van der Waals surface area contributed by atoms with Gasteiger partial charge in [0.25, 0.3) is 0 Å². The molecule has 20 heteroatoms. The van der Waals surface area contributed by atoms with Crippen LogP contribution in [-0.4, -0.2) is 117 Å². The van der Waals surface area contributed by atoms with Crippen molar-refractivity contribution in [3.63, 3.8) is 0 Å². The summed E-state index contributed by atoms with van der Waals surface area (Å²) in [5.74, 6) is 0. The second kappa shape index (κ2) is 12.4. The van der Waals surface area contributed by atoms with Crippen molar-refractivity contribution in [2.75, 3.05) is 19.8 Å². The Morgan fingerprint density at radius 3 is 2.32 bits per heavy atom. The van der Waals surface area contributed by atoms with Gasteiger partial charge >= 0.3 is 15.6 Å². The van der Waals surface area contributed by atoms with E-state index in [9.17, 15) is 34.7 Å². The molecular formula is C14H27N3O15P2. The van der Waals surface area contributed by atoms with E-state index in [1.165, 1.54) is 6.20 Å². The van der Waals surface area contributed by atoms with Gasteiger partial charge in [0.05, 0.1) is 38.7 Å². The van der Waals surface area contributed by atoms with Crippen LogP contribution in [0.3, 0.4) is 0 Å². The summed E-state index contributed by atoms with van der Waals surface area (Å²) >= 11 is 0. The maximum atomic E-state index is 10.8. The van der Waals surface area contributed by atoms with E-state index in [2.05, 4.69) is 19.4 Å². The summed E-state index contributed by atoms with van der Waals surface area (Å²) in [5, 5.41) is 57.0. The Balaban J connectivity index is 1.89. The summed E-state index contributed by atoms with van der Waals surface area (Å²) in [7, 11) is -9.57. The predicted molar refractivity (Wildman–Crippen MR) is 104 cm³/mol. The lowest BCUT2D eigenvalue weighted by molar-refractivity contribution is -0.116. The van der Waals surface area contributed by atoms with E-state index in [1.807, 2.05) is 0 Å². The van der Waals surface area contributed by atoms with Crippen molar-refractivity contribution in [1.29, 1.82) is 0 Å². The van der Waals surface area contributed by atoms with Crippen molar-refractivity contribution >= 4 is 15.6 Å². The van der Waals surface area contributed by atoms with Crippen LogP contribution >= 0.6 is 15.6 Å². The number of aromatic nitrogens is 3. The molecule has 9 N–H and O–H groups in total. The molecule has 34 heavy (non-hydrogen) atoms. The second-order valence-electron chi connectivity index (χ2n) is 7.22. The fraction of sp³-hybridized carbons (Fsp3) is 0.857. The highest BCUT2D eigenvalue weighted by Crippen LogP contribution is 2.38. The van der Waals surface area contributed by atoms with Crippen molar-refractivity contribution < 1.29 is 72.8 Å². The molecule has 0 aromatic carbocycles.